The zero-order valence-corrected chi connectivity index (χ0v) is 17.2. The zero-order chi connectivity index (χ0) is 21.0. The Bertz CT molecular complexity index is 891. The molecule has 5 nitrogen and oxygen atoms in total. The largest absolute Gasteiger partial charge is 0.349 e. The molecule has 0 aliphatic carbocycles. The number of carbonyl (C=O) groups excluding carboxylic acids is 2. The van der Waals surface area contributed by atoms with E-state index < -0.39 is 0 Å². The van der Waals surface area contributed by atoms with Gasteiger partial charge < -0.3 is 10.6 Å². The van der Waals surface area contributed by atoms with Gasteiger partial charge in [0.15, 0.2) is 0 Å². The number of nitrogens with zero attached hydrogens (tertiary/aromatic N) is 1. The number of benzene rings is 2. The third kappa shape index (κ3) is 5.21. The highest BCUT2D eigenvalue weighted by Crippen LogP contribution is 2.18. The van der Waals surface area contributed by atoms with Gasteiger partial charge in [-0.2, -0.15) is 0 Å². The van der Waals surface area contributed by atoms with E-state index in [1.807, 2.05) is 38.1 Å². The van der Waals surface area contributed by atoms with Crippen molar-refractivity contribution in [2.24, 2.45) is 0 Å². The van der Waals surface area contributed by atoms with E-state index in [-0.39, 0.29) is 29.7 Å². The van der Waals surface area contributed by atoms with E-state index in [9.17, 15) is 14.0 Å². The maximum Gasteiger partial charge on any atom is 0.251 e. The van der Waals surface area contributed by atoms with Crippen LogP contribution in [0.2, 0.25) is 0 Å². The Balaban J connectivity index is 1.50. The molecular formula is C23H28FN3O2. The monoisotopic (exact) mass is 397 g/mol. The molecule has 1 atom stereocenters. The number of likely N-dealkylation sites (tertiary alicyclic amines) is 1. The van der Waals surface area contributed by atoms with Crippen LogP contribution in [-0.2, 0) is 4.79 Å². The second-order valence-corrected chi connectivity index (χ2v) is 7.73. The minimum absolute atomic E-state index is 0.0475. The van der Waals surface area contributed by atoms with Crippen LogP contribution in [0.25, 0.3) is 0 Å². The van der Waals surface area contributed by atoms with Crippen molar-refractivity contribution >= 4 is 17.5 Å². The van der Waals surface area contributed by atoms with Gasteiger partial charge in [-0.3, -0.25) is 14.5 Å². The lowest BCUT2D eigenvalue weighted by molar-refractivity contribution is -0.121. The number of hydrogen-bond donors (Lipinski definition) is 2. The van der Waals surface area contributed by atoms with Crippen LogP contribution >= 0.6 is 0 Å². The van der Waals surface area contributed by atoms with Crippen molar-refractivity contribution in [2.45, 2.75) is 45.7 Å². The summed E-state index contributed by atoms with van der Waals surface area (Å²) < 4.78 is 13.7. The fourth-order valence-electron chi connectivity index (χ4n) is 3.61. The van der Waals surface area contributed by atoms with Crippen molar-refractivity contribution < 1.29 is 14.0 Å². The Hall–Kier alpha value is -2.73. The van der Waals surface area contributed by atoms with Crippen LogP contribution in [0.15, 0.2) is 42.5 Å². The van der Waals surface area contributed by atoms with Crippen molar-refractivity contribution in [3.63, 3.8) is 0 Å². The molecule has 1 saturated heterocycles. The molecule has 0 aromatic heterocycles. The number of anilines is 1. The van der Waals surface area contributed by atoms with Gasteiger partial charge >= 0.3 is 0 Å². The molecule has 0 bridgehead atoms. The van der Waals surface area contributed by atoms with Crippen molar-refractivity contribution in [1.82, 2.24) is 10.2 Å². The summed E-state index contributed by atoms with van der Waals surface area (Å²) >= 11 is 0. The van der Waals surface area contributed by atoms with Gasteiger partial charge in [-0.15, -0.1) is 0 Å². The maximum atomic E-state index is 13.7. The van der Waals surface area contributed by atoms with Crippen LogP contribution in [0.1, 0.15) is 41.3 Å². The van der Waals surface area contributed by atoms with E-state index in [1.165, 1.54) is 6.07 Å². The van der Waals surface area contributed by atoms with Gasteiger partial charge in [0.25, 0.3) is 5.91 Å². The first kappa shape index (κ1) is 21.0. The molecule has 2 amide bonds. The predicted molar refractivity (Wildman–Crippen MR) is 112 cm³/mol. The van der Waals surface area contributed by atoms with Gasteiger partial charge in [0.2, 0.25) is 5.91 Å². The topological polar surface area (TPSA) is 61.4 Å². The molecule has 1 aliphatic heterocycles. The smallest absolute Gasteiger partial charge is 0.251 e. The Labute approximate surface area is 171 Å². The molecule has 1 unspecified atom stereocenters. The minimum atomic E-state index is -0.333. The molecule has 3 rings (SSSR count). The molecular weight excluding hydrogens is 369 g/mol. The van der Waals surface area contributed by atoms with Crippen molar-refractivity contribution in [3.05, 3.63) is 65.0 Å². The molecule has 2 N–H and O–H groups in total. The van der Waals surface area contributed by atoms with Gasteiger partial charge in [-0.05, 0) is 62.9 Å². The maximum absolute atomic E-state index is 13.7. The number of piperidine rings is 1. The molecule has 154 valence electrons. The molecule has 2 aromatic carbocycles. The highest BCUT2D eigenvalue weighted by atomic mass is 19.1. The number of amides is 2. The first-order chi connectivity index (χ1) is 13.8. The van der Waals surface area contributed by atoms with Gasteiger partial charge in [0, 0.05) is 30.4 Å². The normalized spacial score (nSPS) is 16.3. The summed E-state index contributed by atoms with van der Waals surface area (Å²) in [5.41, 5.74) is 2.67. The highest BCUT2D eigenvalue weighted by molar-refractivity contribution is 5.96. The fraction of sp³-hybridized carbons (Fsp3) is 0.391. The summed E-state index contributed by atoms with van der Waals surface area (Å²) in [6.07, 6.45) is 1.57. The van der Waals surface area contributed by atoms with Gasteiger partial charge in [-0.1, -0.05) is 24.3 Å². The summed E-state index contributed by atoms with van der Waals surface area (Å²) in [5.74, 6) is -0.537. The number of hydrogen-bond acceptors (Lipinski definition) is 3. The fourth-order valence-corrected chi connectivity index (χ4v) is 3.61. The summed E-state index contributed by atoms with van der Waals surface area (Å²) in [5, 5.41) is 5.90. The lowest BCUT2D eigenvalue weighted by Gasteiger charge is -2.35. The molecule has 1 fully saturated rings. The van der Waals surface area contributed by atoms with E-state index in [2.05, 4.69) is 15.5 Å². The lowest BCUT2D eigenvalue weighted by Crippen LogP contribution is -2.50. The van der Waals surface area contributed by atoms with E-state index in [0.717, 1.165) is 31.5 Å². The van der Waals surface area contributed by atoms with Crippen molar-refractivity contribution in [1.29, 1.82) is 0 Å². The molecule has 0 saturated carbocycles. The van der Waals surface area contributed by atoms with Crippen molar-refractivity contribution in [2.75, 3.05) is 18.4 Å². The molecule has 29 heavy (non-hydrogen) atoms. The molecule has 0 radical (unpaired) electrons. The lowest BCUT2D eigenvalue weighted by atomic mass is 10.0. The first-order valence-corrected chi connectivity index (χ1v) is 10.0. The average molecular weight is 397 g/mol. The molecule has 6 heteroatoms. The summed E-state index contributed by atoms with van der Waals surface area (Å²) in [6, 6.07) is 12.0. The highest BCUT2D eigenvalue weighted by Gasteiger charge is 2.27. The predicted octanol–water partition coefficient (Wildman–Crippen LogP) is 3.66. The number of rotatable bonds is 5. The molecule has 0 spiro atoms. The van der Waals surface area contributed by atoms with Crippen molar-refractivity contribution in [3.8, 4) is 0 Å². The number of carbonyl (C=O) groups is 2. The number of aryl methyl sites for hydroxylation is 2. The molecule has 2 aromatic rings. The zero-order valence-electron chi connectivity index (χ0n) is 17.2. The third-order valence-corrected chi connectivity index (χ3v) is 5.62. The second kappa shape index (κ2) is 9.18. The van der Waals surface area contributed by atoms with Gasteiger partial charge in [-0.25, -0.2) is 4.39 Å². The third-order valence-electron chi connectivity index (χ3n) is 5.62. The Kier molecular flexibility index (Phi) is 6.64. The van der Waals surface area contributed by atoms with Crippen LogP contribution in [0.3, 0.4) is 0 Å². The average Bonchev–Trinajstić information content (AvgIpc) is 2.71. The quantitative estimate of drug-likeness (QED) is 0.809. The van der Waals surface area contributed by atoms with E-state index >= 15 is 0 Å². The van der Waals surface area contributed by atoms with Crippen LogP contribution in [0, 0.1) is 19.7 Å². The second-order valence-electron chi connectivity index (χ2n) is 7.73. The van der Waals surface area contributed by atoms with Crippen LogP contribution < -0.4 is 10.6 Å². The standard InChI is InChI=1S/C23H28FN3O2/c1-15-6-4-5-7-20(15)23(29)25-18-10-12-27(13-11-18)17(3)22(28)26-19-9-8-16(2)21(24)14-19/h4-9,14,17-18H,10-13H2,1-3H3,(H,25,29)(H,26,28). The van der Waals surface area contributed by atoms with Crippen LogP contribution in [-0.4, -0.2) is 41.9 Å². The van der Waals surface area contributed by atoms with Crippen LogP contribution in [0.4, 0.5) is 10.1 Å². The Morgan fingerprint density at radius 2 is 1.76 bits per heavy atom. The Morgan fingerprint density at radius 3 is 2.41 bits per heavy atom. The minimum Gasteiger partial charge on any atom is -0.349 e. The number of nitrogens with one attached hydrogen (secondary N) is 2. The summed E-state index contributed by atoms with van der Waals surface area (Å²) in [6.45, 7) is 6.90. The van der Waals surface area contributed by atoms with Crippen LogP contribution in [0.5, 0.6) is 0 Å². The van der Waals surface area contributed by atoms with Gasteiger partial charge in [0.1, 0.15) is 5.82 Å². The van der Waals surface area contributed by atoms with E-state index in [4.69, 9.17) is 0 Å². The van der Waals surface area contributed by atoms with E-state index in [1.54, 1.807) is 19.1 Å². The molecule has 1 aliphatic rings. The first-order valence-electron chi connectivity index (χ1n) is 10.0. The summed E-state index contributed by atoms with van der Waals surface area (Å²) in [7, 11) is 0. The molecule has 1 heterocycles. The van der Waals surface area contributed by atoms with Gasteiger partial charge in [0.05, 0.1) is 6.04 Å². The SMILES string of the molecule is Cc1ccc(NC(=O)C(C)N2CCC(NC(=O)c3ccccc3C)CC2)cc1F. The van der Waals surface area contributed by atoms with E-state index in [0.29, 0.717) is 16.8 Å². The Morgan fingerprint density at radius 1 is 1.07 bits per heavy atom. The summed E-state index contributed by atoms with van der Waals surface area (Å²) in [4.78, 5) is 27.1. The number of halogens is 1.